The molecule has 0 fully saturated rings. The van der Waals surface area contributed by atoms with Crippen LogP contribution in [0.2, 0.25) is 0 Å². The van der Waals surface area contributed by atoms with Gasteiger partial charge in [-0.05, 0) is 26.0 Å². The molecule has 1 aromatic rings. The molecule has 7 nitrogen and oxygen atoms in total. The first-order valence-electron chi connectivity index (χ1n) is 6.48. The summed E-state index contributed by atoms with van der Waals surface area (Å²) >= 11 is 0. The van der Waals surface area contributed by atoms with Crippen molar-refractivity contribution in [2.75, 3.05) is 21.3 Å². The van der Waals surface area contributed by atoms with Gasteiger partial charge in [-0.25, -0.2) is 0 Å². The lowest BCUT2D eigenvalue weighted by molar-refractivity contribution is -0.117. The molecule has 1 rings (SSSR count). The van der Waals surface area contributed by atoms with Crippen LogP contribution in [0.25, 0.3) is 0 Å². The summed E-state index contributed by atoms with van der Waals surface area (Å²) in [5, 5.41) is 0. The van der Waals surface area contributed by atoms with Crippen molar-refractivity contribution in [1.82, 2.24) is 10.9 Å². The molecular weight excluding hydrogens is 288 g/mol. The number of nitrogens with one attached hydrogen (secondary N) is 2. The lowest BCUT2D eigenvalue weighted by atomic mass is 10.1. The number of carbonyl (C=O) groups is 2. The fourth-order valence-corrected chi connectivity index (χ4v) is 1.70. The van der Waals surface area contributed by atoms with Gasteiger partial charge in [-0.2, -0.15) is 0 Å². The van der Waals surface area contributed by atoms with Crippen LogP contribution in [-0.2, 0) is 4.79 Å². The van der Waals surface area contributed by atoms with Gasteiger partial charge in [0.05, 0.1) is 21.3 Å². The van der Waals surface area contributed by atoms with Gasteiger partial charge in [0.25, 0.3) is 11.8 Å². The predicted octanol–water partition coefficient (Wildman–Crippen LogP) is 1.44. The van der Waals surface area contributed by atoms with Crippen molar-refractivity contribution >= 4 is 11.8 Å². The normalized spacial score (nSPS) is 9.50. The van der Waals surface area contributed by atoms with Crippen LogP contribution < -0.4 is 25.1 Å². The SMILES string of the molecule is COc1cc(C(=O)NNC(=O)C=C(C)C)cc(OC)c1OC. The summed E-state index contributed by atoms with van der Waals surface area (Å²) in [6.07, 6.45) is 1.37. The smallest absolute Gasteiger partial charge is 0.269 e. The van der Waals surface area contributed by atoms with Crippen molar-refractivity contribution in [1.29, 1.82) is 0 Å². The maximum Gasteiger partial charge on any atom is 0.269 e. The molecule has 0 aliphatic rings. The van der Waals surface area contributed by atoms with Crippen molar-refractivity contribution in [2.45, 2.75) is 13.8 Å². The number of allylic oxidation sites excluding steroid dienone is 1. The molecule has 0 heterocycles. The minimum absolute atomic E-state index is 0.256. The molecule has 0 aromatic heterocycles. The summed E-state index contributed by atoms with van der Waals surface area (Å²) in [6, 6.07) is 2.98. The largest absolute Gasteiger partial charge is 0.493 e. The fraction of sp³-hybridized carbons (Fsp3) is 0.333. The van der Waals surface area contributed by atoms with Crippen LogP contribution in [0.1, 0.15) is 24.2 Å². The number of hydrazine groups is 1. The van der Waals surface area contributed by atoms with E-state index in [1.54, 1.807) is 13.8 Å². The molecular formula is C15H20N2O5. The number of hydrogen-bond donors (Lipinski definition) is 2. The van der Waals surface area contributed by atoms with Crippen LogP contribution in [-0.4, -0.2) is 33.1 Å². The van der Waals surface area contributed by atoms with Crippen LogP contribution in [0, 0.1) is 0 Å². The van der Waals surface area contributed by atoms with Gasteiger partial charge < -0.3 is 14.2 Å². The average Bonchev–Trinajstić information content (AvgIpc) is 2.50. The number of amides is 2. The van der Waals surface area contributed by atoms with E-state index in [1.807, 2.05) is 0 Å². The van der Waals surface area contributed by atoms with Gasteiger partial charge in [0, 0.05) is 11.6 Å². The van der Waals surface area contributed by atoms with E-state index in [4.69, 9.17) is 14.2 Å². The quantitative estimate of drug-likeness (QED) is 0.635. The Morgan fingerprint density at radius 2 is 1.50 bits per heavy atom. The first-order chi connectivity index (χ1) is 10.4. The highest BCUT2D eigenvalue weighted by atomic mass is 16.5. The monoisotopic (exact) mass is 308 g/mol. The Morgan fingerprint density at radius 1 is 0.955 bits per heavy atom. The van der Waals surface area contributed by atoms with Crippen molar-refractivity contribution < 1.29 is 23.8 Å². The lowest BCUT2D eigenvalue weighted by Crippen LogP contribution is -2.40. The second-order valence-corrected chi connectivity index (χ2v) is 4.58. The standard InChI is InChI=1S/C15H20N2O5/c1-9(2)6-13(18)16-17-15(19)10-7-11(20-3)14(22-5)12(8-10)21-4/h6-8H,1-5H3,(H,16,18)(H,17,19). The van der Waals surface area contributed by atoms with E-state index in [1.165, 1.54) is 39.5 Å². The van der Waals surface area contributed by atoms with Gasteiger partial charge >= 0.3 is 0 Å². The number of hydrogen-bond acceptors (Lipinski definition) is 5. The third-order valence-electron chi connectivity index (χ3n) is 2.65. The fourth-order valence-electron chi connectivity index (χ4n) is 1.70. The molecule has 0 radical (unpaired) electrons. The zero-order valence-corrected chi connectivity index (χ0v) is 13.3. The zero-order valence-electron chi connectivity index (χ0n) is 13.3. The average molecular weight is 308 g/mol. The van der Waals surface area contributed by atoms with Crippen LogP contribution in [0.4, 0.5) is 0 Å². The van der Waals surface area contributed by atoms with E-state index in [-0.39, 0.29) is 5.56 Å². The Kier molecular flexibility index (Phi) is 6.25. The van der Waals surface area contributed by atoms with Crippen molar-refractivity contribution in [2.24, 2.45) is 0 Å². The number of ether oxygens (including phenoxy) is 3. The molecule has 120 valence electrons. The predicted molar refractivity (Wildman–Crippen MR) is 81.1 cm³/mol. The molecule has 0 atom stereocenters. The van der Waals surface area contributed by atoms with E-state index in [2.05, 4.69) is 10.9 Å². The van der Waals surface area contributed by atoms with Crippen LogP contribution in [0.5, 0.6) is 17.2 Å². The Balaban J connectivity index is 2.94. The molecule has 0 saturated carbocycles. The molecule has 22 heavy (non-hydrogen) atoms. The highest BCUT2D eigenvalue weighted by molar-refractivity contribution is 5.98. The van der Waals surface area contributed by atoms with E-state index in [0.29, 0.717) is 17.2 Å². The zero-order chi connectivity index (χ0) is 16.7. The maximum absolute atomic E-state index is 12.1. The van der Waals surface area contributed by atoms with Gasteiger partial charge in [-0.3, -0.25) is 20.4 Å². The minimum Gasteiger partial charge on any atom is -0.493 e. The first-order valence-corrected chi connectivity index (χ1v) is 6.48. The van der Waals surface area contributed by atoms with Gasteiger partial charge in [0.15, 0.2) is 11.5 Å². The summed E-state index contributed by atoms with van der Waals surface area (Å²) in [5.41, 5.74) is 5.67. The van der Waals surface area contributed by atoms with E-state index in [9.17, 15) is 9.59 Å². The number of benzene rings is 1. The van der Waals surface area contributed by atoms with E-state index in [0.717, 1.165) is 5.57 Å². The third kappa shape index (κ3) is 4.41. The van der Waals surface area contributed by atoms with Crippen molar-refractivity contribution in [3.05, 3.63) is 29.3 Å². The second kappa shape index (κ2) is 7.92. The number of rotatable bonds is 5. The molecule has 0 spiro atoms. The van der Waals surface area contributed by atoms with Gasteiger partial charge in [0.2, 0.25) is 5.75 Å². The second-order valence-electron chi connectivity index (χ2n) is 4.58. The Hall–Kier alpha value is -2.70. The summed E-state index contributed by atoms with van der Waals surface area (Å²) in [4.78, 5) is 23.5. The summed E-state index contributed by atoms with van der Waals surface area (Å²) in [6.45, 7) is 3.56. The molecule has 2 amide bonds. The third-order valence-corrected chi connectivity index (χ3v) is 2.65. The molecule has 0 aliphatic carbocycles. The van der Waals surface area contributed by atoms with E-state index < -0.39 is 11.8 Å². The van der Waals surface area contributed by atoms with Crippen molar-refractivity contribution in [3.63, 3.8) is 0 Å². The van der Waals surface area contributed by atoms with Gasteiger partial charge in [-0.1, -0.05) is 5.57 Å². The van der Waals surface area contributed by atoms with Gasteiger partial charge in [-0.15, -0.1) is 0 Å². The molecule has 0 bridgehead atoms. The van der Waals surface area contributed by atoms with Crippen LogP contribution in [0.15, 0.2) is 23.8 Å². The van der Waals surface area contributed by atoms with E-state index >= 15 is 0 Å². The van der Waals surface area contributed by atoms with Gasteiger partial charge in [0.1, 0.15) is 0 Å². The molecule has 0 aliphatic heterocycles. The molecule has 1 aromatic carbocycles. The molecule has 7 heteroatoms. The topological polar surface area (TPSA) is 85.9 Å². The molecule has 2 N–H and O–H groups in total. The summed E-state index contributed by atoms with van der Waals surface area (Å²) in [5.74, 6) is 0.163. The maximum atomic E-state index is 12.1. The molecule has 0 unspecified atom stereocenters. The Bertz CT molecular complexity index is 567. The van der Waals surface area contributed by atoms with Crippen molar-refractivity contribution in [3.8, 4) is 17.2 Å². The Morgan fingerprint density at radius 3 is 1.91 bits per heavy atom. The lowest BCUT2D eigenvalue weighted by Gasteiger charge is -2.14. The Labute approximate surface area is 129 Å². The summed E-state index contributed by atoms with van der Waals surface area (Å²) in [7, 11) is 4.38. The highest BCUT2D eigenvalue weighted by Gasteiger charge is 2.17. The minimum atomic E-state index is -0.505. The number of carbonyl (C=O) groups excluding carboxylic acids is 2. The summed E-state index contributed by atoms with van der Waals surface area (Å²) < 4.78 is 15.5. The highest BCUT2D eigenvalue weighted by Crippen LogP contribution is 2.38. The number of methoxy groups -OCH3 is 3. The molecule has 0 saturated heterocycles. The first kappa shape index (κ1) is 17.4. The van der Waals surface area contributed by atoms with Crippen LogP contribution in [0.3, 0.4) is 0 Å². The van der Waals surface area contributed by atoms with Crippen LogP contribution >= 0.6 is 0 Å².